The molecule has 0 amide bonds. The molecule has 0 aromatic heterocycles. The quantitative estimate of drug-likeness (QED) is 0.212. The van der Waals surface area contributed by atoms with E-state index in [4.69, 9.17) is 9.47 Å². The lowest BCUT2D eigenvalue weighted by Gasteiger charge is -2.29. The molecule has 0 spiro atoms. The fourth-order valence-corrected chi connectivity index (χ4v) is 5.02. The third kappa shape index (κ3) is 5.24. The van der Waals surface area contributed by atoms with Crippen molar-refractivity contribution in [3.63, 3.8) is 0 Å². The summed E-state index contributed by atoms with van der Waals surface area (Å²) in [6, 6.07) is 8.46. The maximum Gasteiger partial charge on any atom is 0.534 e. The number of esters is 1. The van der Waals surface area contributed by atoms with E-state index in [0.717, 1.165) is 36.1 Å². The van der Waals surface area contributed by atoms with E-state index in [1.165, 1.54) is 7.11 Å². The number of halogens is 4. The van der Waals surface area contributed by atoms with E-state index in [-0.39, 0.29) is 23.4 Å². The molecule has 0 N–H and O–H groups in total. The number of hydrogen-bond donors (Lipinski definition) is 0. The SMILES string of the molecule is COC(=O)C(C)C(c1ccc2c(c1)OC(c1ccc(OS(=O)(=O)C(F)(F)F)cc1F)CC2)C1CC1. The topological polar surface area (TPSA) is 78.9 Å². The highest BCUT2D eigenvalue weighted by molar-refractivity contribution is 7.88. The molecule has 1 heterocycles. The normalized spacial score (nSPS) is 19.8. The van der Waals surface area contributed by atoms with E-state index in [2.05, 4.69) is 4.18 Å². The molecule has 11 heteroatoms. The monoisotopic (exact) mass is 516 g/mol. The number of carbonyl (C=O) groups is 1. The fraction of sp³-hybridized carbons (Fsp3) is 0.458. The third-order valence-corrected chi connectivity index (χ3v) is 7.45. The number of rotatable bonds is 7. The van der Waals surface area contributed by atoms with Crippen molar-refractivity contribution in [2.75, 3.05) is 7.11 Å². The molecule has 190 valence electrons. The van der Waals surface area contributed by atoms with Gasteiger partial charge in [-0.3, -0.25) is 4.79 Å². The van der Waals surface area contributed by atoms with Gasteiger partial charge in [-0.1, -0.05) is 19.1 Å². The first kappa shape index (κ1) is 25.3. The molecule has 0 bridgehead atoms. The Morgan fingerprint density at radius 2 is 1.83 bits per heavy atom. The molecule has 0 radical (unpaired) electrons. The molecule has 2 aromatic rings. The van der Waals surface area contributed by atoms with Crippen LogP contribution in [0.3, 0.4) is 0 Å². The van der Waals surface area contributed by atoms with Crippen molar-refractivity contribution in [2.24, 2.45) is 11.8 Å². The molecule has 1 aliphatic carbocycles. The van der Waals surface area contributed by atoms with Gasteiger partial charge in [-0.25, -0.2) is 4.39 Å². The van der Waals surface area contributed by atoms with Crippen LogP contribution in [0.15, 0.2) is 36.4 Å². The maximum absolute atomic E-state index is 14.8. The summed E-state index contributed by atoms with van der Waals surface area (Å²) in [4.78, 5) is 12.2. The second-order valence-corrected chi connectivity index (χ2v) is 10.4. The highest BCUT2D eigenvalue weighted by Gasteiger charge is 2.48. The Morgan fingerprint density at radius 1 is 1.11 bits per heavy atom. The number of benzene rings is 2. The van der Waals surface area contributed by atoms with Gasteiger partial charge in [-0.05, 0) is 66.8 Å². The molecular weight excluding hydrogens is 492 g/mol. The van der Waals surface area contributed by atoms with Crippen LogP contribution in [0.2, 0.25) is 0 Å². The molecule has 1 fully saturated rings. The Morgan fingerprint density at radius 3 is 2.43 bits per heavy atom. The van der Waals surface area contributed by atoms with Crippen molar-refractivity contribution < 1.29 is 44.4 Å². The van der Waals surface area contributed by atoms with Crippen LogP contribution in [-0.4, -0.2) is 27.0 Å². The van der Waals surface area contributed by atoms with Gasteiger partial charge in [0.25, 0.3) is 0 Å². The molecule has 2 aromatic carbocycles. The van der Waals surface area contributed by atoms with Gasteiger partial charge in [0.2, 0.25) is 0 Å². The maximum atomic E-state index is 14.8. The van der Waals surface area contributed by atoms with Crippen molar-refractivity contribution in [1.82, 2.24) is 0 Å². The lowest BCUT2D eigenvalue weighted by molar-refractivity contribution is -0.145. The summed E-state index contributed by atoms with van der Waals surface area (Å²) in [7, 11) is -4.55. The summed E-state index contributed by atoms with van der Waals surface area (Å²) in [5.74, 6) is -1.51. The number of carbonyl (C=O) groups excluding carboxylic acids is 1. The summed E-state index contributed by atoms with van der Waals surface area (Å²) in [5.41, 5.74) is -3.72. The molecular formula is C24H24F4O6S. The summed E-state index contributed by atoms with van der Waals surface area (Å²) < 4.78 is 89.7. The van der Waals surface area contributed by atoms with E-state index < -0.39 is 33.3 Å². The van der Waals surface area contributed by atoms with Crippen LogP contribution in [-0.2, 0) is 26.1 Å². The number of fused-ring (bicyclic) bond motifs is 1. The zero-order valence-corrected chi connectivity index (χ0v) is 19.8. The van der Waals surface area contributed by atoms with Gasteiger partial charge >= 0.3 is 21.6 Å². The van der Waals surface area contributed by atoms with Crippen LogP contribution in [0.4, 0.5) is 17.6 Å². The Bertz CT molecular complexity index is 1220. The van der Waals surface area contributed by atoms with E-state index >= 15 is 0 Å². The predicted molar refractivity (Wildman–Crippen MR) is 117 cm³/mol. The molecule has 0 saturated heterocycles. The summed E-state index contributed by atoms with van der Waals surface area (Å²) >= 11 is 0. The smallest absolute Gasteiger partial charge is 0.485 e. The number of aryl methyl sites for hydroxylation is 1. The minimum atomic E-state index is -5.91. The van der Waals surface area contributed by atoms with Crippen LogP contribution < -0.4 is 8.92 Å². The van der Waals surface area contributed by atoms with E-state index in [1.54, 1.807) is 0 Å². The van der Waals surface area contributed by atoms with Gasteiger partial charge in [-0.2, -0.15) is 21.6 Å². The molecule has 4 rings (SSSR count). The Hall–Kier alpha value is -2.82. The van der Waals surface area contributed by atoms with E-state index in [9.17, 15) is 30.8 Å². The number of hydrogen-bond acceptors (Lipinski definition) is 6. The summed E-state index contributed by atoms with van der Waals surface area (Å²) in [6.07, 6.45) is 2.27. The molecule has 1 aliphatic heterocycles. The largest absolute Gasteiger partial charge is 0.534 e. The van der Waals surface area contributed by atoms with E-state index in [1.807, 2.05) is 25.1 Å². The Balaban J connectivity index is 1.56. The van der Waals surface area contributed by atoms with Gasteiger partial charge < -0.3 is 13.7 Å². The van der Waals surface area contributed by atoms with Crippen molar-refractivity contribution in [3.8, 4) is 11.5 Å². The summed E-state index contributed by atoms with van der Waals surface area (Å²) in [5, 5.41) is 0. The van der Waals surface area contributed by atoms with Crippen LogP contribution >= 0.6 is 0 Å². The number of ether oxygens (including phenoxy) is 2. The predicted octanol–water partition coefficient (Wildman–Crippen LogP) is 5.42. The zero-order valence-electron chi connectivity index (χ0n) is 19.0. The van der Waals surface area contributed by atoms with Crippen LogP contribution in [0.5, 0.6) is 11.5 Å². The van der Waals surface area contributed by atoms with E-state index in [0.29, 0.717) is 30.6 Å². The van der Waals surface area contributed by atoms with Crippen LogP contribution in [0, 0.1) is 17.7 Å². The van der Waals surface area contributed by atoms with Gasteiger partial charge in [0.05, 0.1) is 13.0 Å². The minimum absolute atomic E-state index is 0.0412. The molecule has 3 unspecified atom stereocenters. The average Bonchev–Trinajstić information content (AvgIpc) is 3.62. The highest BCUT2D eigenvalue weighted by atomic mass is 32.2. The standard InChI is InChI=1S/C24H24F4O6S/c1-13(23(29)32-2)22(15-4-5-15)16-6-3-14-7-10-20(33-21(14)11-16)18-9-8-17(12-19(18)25)34-35(30,31)24(26,27)28/h3,6,8-9,11-13,15,20,22H,4-5,7,10H2,1-2H3. The number of alkyl halides is 3. The number of methoxy groups -OCH3 is 1. The third-order valence-electron chi connectivity index (χ3n) is 6.47. The van der Waals surface area contributed by atoms with Crippen molar-refractivity contribution in [2.45, 2.75) is 50.1 Å². The average molecular weight is 517 g/mol. The van der Waals surface area contributed by atoms with Crippen LogP contribution in [0.25, 0.3) is 0 Å². The zero-order chi connectivity index (χ0) is 25.5. The summed E-state index contributed by atoms with van der Waals surface area (Å²) in [6.45, 7) is 1.83. The van der Waals surface area contributed by atoms with Gasteiger partial charge in [-0.15, -0.1) is 0 Å². The molecule has 3 atom stereocenters. The second kappa shape index (κ2) is 9.33. The lowest BCUT2D eigenvalue weighted by atomic mass is 9.82. The highest BCUT2D eigenvalue weighted by Crippen LogP contribution is 2.48. The first-order valence-electron chi connectivity index (χ1n) is 11.1. The molecule has 35 heavy (non-hydrogen) atoms. The van der Waals surface area contributed by atoms with Crippen molar-refractivity contribution in [3.05, 3.63) is 58.9 Å². The second-order valence-electron chi connectivity index (χ2n) is 8.85. The minimum Gasteiger partial charge on any atom is -0.485 e. The van der Waals surface area contributed by atoms with Crippen molar-refractivity contribution >= 4 is 16.1 Å². The molecule has 6 nitrogen and oxygen atoms in total. The van der Waals surface area contributed by atoms with Gasteiger partial charge in [0, 0.05) is 11.6 Å². The molecule has 1 saturated carbocycles. The fourth-order valence-electron chi connectivity index (χ4n) is 4.56. The Kier molecular flexibility index (Phi) is 6.74. The van der Waals surface area contributed by atoms with Crippen molar-refractivity contribution in [1.29, 1.82) is 0 Å². The van der Waals surface area contributed by atoms with Gasteiger partial charge in [0.15, 0.2) is 0 Å². The Labute approximate surface area is 200 Å². The first-order valence-corrected chi connectivity index (χ1v) is 12.5. The van der Waals surface area contributed by atoms with Gasteiger partial charge in [0.1, 0.15) is 23.4 Å². The molecule has 2 aliphatic rings. The first-order chi connectivity index (χ1) is 16.4. The lowest BCUT2D eigenvalue weighted by Crippen LogP contribution is -2.28. The van der Waals surface area contributed by atoms with Crippen LogP contribution in [0.1, 0.15) is 54.9 Å².